The van der Waals surface area contributed by atoms with E-state index in [9.17, 15) is 0 Å². The third kappa shape index (κ3) is 4.00. The molecule has 1 aliphatic rings. The second-order valence-corrected chi connectivity index (χ2v) is 5.27. The van der Waals surface area contributed by atoms with Crippen molar-refractivity contribution in [3.8, 4) is 0 Å². The van der Waals surface area contributed by atoms with Crippen LogP contribution >= 0.6 is 0 Å². The lowest BCUT2D eigenvalue weighted by atomic mass is 10.00. The maximum atomic E-state index is 5.87. The van der Waals surface area contributed by atoms with Gasteiger partial charge in [0.2, 0.25) is 5.96 Å². The monoisotopic (exact) mass is 226 g/mol. The molecule has 1 fully saturated rings. The molecule has 1 saturated heterocycles. The van der Waals surface area contributed by atoms with Gasteiger partial charge in [0.15, 0.2) is 0 Å². The second-order valence-electron chi connectivity index (χ2n) is 5.27. The van der Waals surface area contributed by atoms with Gasteiger partial charge in [-0.05, 0) is 32.6 Å². The summed E-state index contributed by atoms with van der Waals surface area (Å²) >= 11 is 0. The molecule has 0 saturated carbocycles. The fourth-order valence-electron chi connectivity index (χ4n) is 2.09. The first-order chi connectivity index (χ1) is 7.50. The van der Waals surface area contributed by atoms with Gasteiger partial charge < -0.3 is 5.73 Å². The van der Waals surface area contributed by atoms with Crippen molar-refractivity contribution >= 4 is 5.96 Å². The molecular formula is C12H26N4. The maximum Gasteiger partial charge on any atom is 0.203 e. The van der Waals surface area contributed by atoms with Crippen molar-refractivity contribution in [1.29, 1.82) is 0 Å². The summed E-state index contributed by atoms with van der Waals surface area (Å²) in [5.41, 5.74) is 9.11. The lowest BCUT2D eigenvalue weighted by Gasteiger charge is -2.39. The molecule has 4 nitrogen and oxygen atoms in total. The van der Waals surface area contributed by atoms with Gasteiger partial charge in [-0.15, -0.1) is 0 Å². The molecule has 0 aromatic heterocycles. The summed E-state index contributed by atoms with van der Waals surface area (Å²) in [7, 11) is 0. The van der Waals surface area contributed by atoms with Crippen LogP contribution in [0.3, 0.4) is 0 Å². The Bertz CT molecular complexity index is 227. The van der Waals surface area contributed by atoms with E-state index in [1.54, 1.807) is 0 Å². The molecule has 3 N–H and O–H groups in total. The number of guanidine groups is 1. The van der Waals surface area contributed by atoms with Crippen LogP contribution in [0.15, 0.2) is 4.99 Å². The predicted octanol–water partition coefficient (Wildman–Crippen LogP) is 1.72. The number of rotatable bonds is 3. The fourth-order valence-corrected chi connectivity index (χ4v) is 2.09. The largest absolute Gasteiger partial charge is 0.369 e. The minimum absolute atomic E-state index is 0.538. The number of nitrogens with one attached hydrogen (secondary N) is 1. The number of hydrogen-bond donors (Lipinski definition) is 2. The van der Waals surface area contributed by atoms with Crippen molar-refractivity contribution in [2.75, 3.05) is 6.54 Å². The van der Waals surface area contributed by atoms with E-state index in [4.69, 9.17) is 5.73 Å². The number of nitrogens with two attached hydrogens (primary N) is 1. The Labute approximate surface area is 99.3 Å². The molecule has 0 radical (unpaired) electrons. The predicted molar refractivity (Wildman–Crippen MR) is 69.1 cm³/mol. The number of hydrazine groups is 1. The summed E-state index contributed by atoms with van der Waals surface area (Å²) in [5, 5.41) is 2.24. The molecule has 1 aliphatic heterocycles. The maximum absolute atomic E-state index is 5.87. The molecule has 1 rings (SSSR count). The average molecular weight is 226 g/mol. The van der Waals surface area contributed by atoms with Crippen molar-refractivity contribution < 1.29 is 0 Å². The molecule has 0 spiro atoms. The van der Waals surface area contributed by atoms with E-state index in [2.05, 4.69) is 43.1 Å². The molecule has 1 heterocycles. The summed E-state index contributed by atoms with van der Waals surface area (Å²) in [4.78, 5) is 4.33. The number of piperidine rings is 1. The molecule has 16 heavy (non-hydrogen) atoms. The lowest BCUT2D eigenvalue weighted by Crippen LogP contribution is -2.56. The van der Waals surface area contributed by atoms with Crippen molar-refractivity contribution in [2.45, 2.75) is 59.0 Å². The van der Waals surface area contributed by atoms with E-state index in [-0.39, 0.29) is 0 Å². The molecule has 0 aromatic carbocycles. The van der Waals surface area contributed by atoms with Crippen molar-refractivity contribution in [3.63, 3.8) is 0 Å². The first-order valence-corrected chi connectivity index (χ1v) is 6.35. The van der Waals surface area contributed by atoms with Gasteiger partial charge in [-0.1, -0.05) is 20.3 Å². The van der Waals surface area contributed by atoms with Crippen molar-refractivity contribution in [1.82, 2.24) is 10.4 Å². The van der Waals surface area contributed by atoms with Crippen LogP contribution in [-0.4, -0.2) is 29.6 Å². The Hall–Kier alpha value is -0.770. The van der Waals surface area contributed by atoms with E-state index < -0.39 is 0 Å². The van der Waals surface area contributed by atoms with Crippen LogP contribution < -0.4 is 11.2 Å². The van der Waals surface area contributed by atoms with Gasteiger partial charge >= 0.3 is 0 Å². The van der Waals surface area contributed by atoms with Crippen LogP contribution in [0.25, 0.3) is 0 Å². The highest BCUT2D eigenvalue weighted by atomic mass is 15.6. The number of nitrogens with zero attached hydrogens (tertiary/aromatic N) is 2. The molecule has 2 atom stereocenters. The highest BCUT2D eigenvalue weighted by molar-refractivity contribution is 5.77. The van der Waals surface area contributed by atoms with Gasteiger partial charge in [-0.3, -0.25) is 10.4 Å². The van der Waals surface area contributed by atoms with Gasteiger partial charge in [0.1, 0.15) is 0 Å². The third-order valence-electron chi connectivity index (χ3n) is 3.06. The summed E-state index contributed by atoms with van der Waals surface area (Å²) in [6.45, 7) is 9.54. The van der Waals surface area contributed by atoms with E-state index in [1.165, 1.54) is 19.3 Å². The minimum atomic E-state index is 0.538. The van der Waals surface area contributed by atoms with Crippen LogP contribution in [-0.2, 0) is 0 Å². The first kappa shape index (κ1) is 13.3. The van der Waals surface area contributed by atoms with Gasteiger partial charge in [-0.2, -0.15) is 0 Å². The highest BCUT2D eigenvalue weighted by Gasteiger charge is 2.24. The Morgan fingerprint density at radius 3 is 2.44 bits per heavy atom. The Morgan fingerprint density at radius 1 is 1.38 bits per heavy atom. The van der Waals surface area contributed by atoms with Crippen LogP contribution in [0.1, 0.15) is 47.0 Å². The molecular weight excluding hydrogens is 200 g/mol. The fraction of sp³-hybridized carbons (Fsp3) is 0.917. The number of hydrogen-bond acceptors (Lipinski definition) is 2. The van der Waals surface area contributed by atoms with Crippen LogP contribution in [0.2, 0.25) is 0 Å². The van der Waals surface area contributed by atoms with Crippen LogP contribution in [0, 0.1) is 5.92 Å². The highest BCUT2D eigenvalue weighted by Crippen LogP contribution is 2.19. The van der Waals surface area contributed by atoms with E-state index in [1.807, 2.05) is 0 Å². The molecule has 0 amide bonds. The van der Waals surface area contributed by atoms with Crippen molar-refractivity contribution in [3.05, 3.63) is 0 Å². The topological polar surface area (TPSA) is 53.6 Å². The van der Waals surface area contributed by atoms with Gasteiger partial charge in [0.05, 0.1) is 0 Å². The summed E-state index contributed by atoms with van der Waals surface area (Å²) in [5.74, 6) is 1.10. The molecule has 0 aromatic rings. The Kier molecular flexibility index (Phi) is 5.06. The second kappa shape index (κ2) is 6.09. The summed E-state index contributed by atoms with van der Waals surface area (Å²) in [6.07, 6.45) is 3.77. The zero-order chi connectivity index (χ0) is 12.1. The SMILES string of the molecule is CC(C)CN=C(N)NN1C(C)CCCC1C. The van der Waals surface area contributed by atoms with Gasteiger partial charge in [0.25, 0.3) is 0 Å². The van der Waals surface area contributed by atoms with Gasteiger partial charge in [0, 0.05) is 18.6 Å². The van der Waals surface area contributed by atoms with Crippen LogP contribution in [0.4, 0.5) is 0 Å². The molecule has 0 aliphatic carbocycles. The normalized spacial score (nSPS) is 28.4. The summed E-state index contributed by atoms with van der Waals surface area (Å²) < 4.78 is 0. The van der Waals surface area contributed by atoms with E-state index in [0.29, 0.717) is 24.0 Å². The molecule has 94 valence electrons. The standard InChI is InChI=1S/C12H26N4/c1-9(2)8-14-12(13)15-16-10(3)6-5-7-11(16)4/h9-11H,5-8H2,1-4H3,(H3,13,14,15). The average Bonchev–Trinajstić information content (AvgIpc) is 2.21. The first-order valence-electron chi connectivity index (χ1n) is 6.35. The van der Waals surface area contributed by atoms with Crippen LogP contribution in [0.5, 0.6) is 0 Å². The molecule has 2 unspecified atom stereocenters. The minimum Gasteiger partial charge on any atom is -0.369 e. The molecule has 4 heteroatoms. The zero-order valence-corrected chi connectivity index (χ0v) is 11.0. The van der Waals surface area contributed by atoms with E-state index in [0.717, 1.165) is 6.54 Å². The Morgan fingerprint density at radius 2 is 1.94 bits per heavy atom. The smallest absolute Gasteiger partial charge is 0.203 e. The van der Waals surface area contributed by atoms with Crippen molar-refractivity contribution in [2.24, 2.45) is 16.6 Å². The number of aliphatic imine (C=N–C) groups is 1. The van der Waals surface area contributed by atoms with Gasteiger partial charge in [-0.25, -0.2) is 5.01 Å². The zero-order valence-electron chi connectivity index (χ0n) is 11.0. The quantitative estimate of drug-likeness (QED) is 0.569. The Balaban J connectivity index is 2.47. The molecule has 0 bridgehead atoms. The summed E-state index contributed by atoms with van der Waals surface area (Å²) in [6, 6.07) is 1.08. The lowest BCUT2D eigenvalue weighted by molar-refractivity contribution is 0.0733. The van der Waals surface area contributed by atoms with E-state index >= 15 is 0 Å². The third-order valence-corrected chi connectivity index (χ3v) is 3.06.